The van der Waals surface area contributed by atoms with Crippen molar-refractivity contribution in [3.8, 4) is 0 Å². The molecule has 0 aromatic carbocycles. The second kappa shape index (κ2) is 26.5. The average Bonchev–Trinajstić information content (AvgIpc) is 2.86. The molecule has 0 aliphatic carbocycles. The molecule has 0 saturated carbocycles. The molecule has 0 amide bonds. The number of carbonyl (C=O) groups is 2. The molecule has 0 fully saturated rings. The van der Waals surface area contributed by atoms with Gasteiger partial charge in [-0.15, -0.1) is 0 Å². The van der Waals surface area contributed by atoms with E-state index in [9.17, 15) is 19.8 Å². The van der Waals surface area contributed by atoms with E-state index >= 15 is 0 Å². The first-order valence-corrected chi connectivity index (χ1v) is 12.6. The normalized spacial score (nSPS) is 15.1. The molecule has 0 heterocycles. The summed E-state index contributed by atoms with van der Waals surface area (Å²) in [6, 6.07) is 0. The zero-order valence-electron chi connectivity index (χ0n) is 26.1. The van der Waals surface area contributed by atoms with E-state index in [4.69, 9.17) is 0 Å². The van der Waals surface area contributed by atoms with Gasteiger partial charge in [0.25, 0.3) is 0 Å². The predicted molar refractivity (Wildman–Crippen MR) is 161 cm³/mol. The Morgan fingerprint density at radius 2 is 0.561 bits per heavy atom. The molecule has 6 heteroatoms. The zero-order chi connectivity index (χ0) is 29.6. The summed E-state index contributed by atoms with van der Waals surface area (Å²) in [7, 11) is 0. The first kappa shape index (κ1) is 43.0. The minimum atomic E-state index is -1.17. The summed E-state index contributed by atoms with van der Waals surface area (Å²) in [5, 5.41) is 21.3. The number of carboxylic acid groups (broad SMARTS) is 2. The molecule has 0 aromatic heterocycles. The van der Waals surface area contributed by atoms with Crippen molar-refractivity contribution < 1.29 is 78.9 Å². The number of allylic oxidation sites excluding steroid dienone is 24. The number of hydrogen-bond donors (Lipinski definition) is 0. The molecule has 0 unspecified atom stereocenters. The van der Waals surface area contributed by atoms with Gasteiger partial charge in [-0.1, -0.05) is 143 Å². The van der Waals surface area contributed by atoms with E-state index in [0.717, 1.165) is 27.9 Å². The summed E-state index contributed by atoms with van der Waals surface area (Å²) < 4.78 is 0. The van der Waals surface area contributed by atoms with Gasteiger partial charge in [0.1, 0.15) is 0 Å². The van der Waals surface area contributed by atoms with Crippen LogP contribution in [0.1, 0.15) is 48.5 Å². The summed E-state index contributed by atoms with van der Waals surface area (Å²) >= 11 is 0. The third kappa shape index (κ3) is 26.2. The fraction of sp³-hybridized carbons (Fsp3) is 0.200. The van der Waals surface area contributed by atoms with Crippen molar-refractivity contribution in [1.29, 1.82) is 0 Å². The van der Waals surface area contributed by atoms with Gasteiger partial charge in [0.15, 0.2) is 0 Å². The number of hydrogen-bond acceptors (Lipinski definition) is 4. The molecule has 0 radical (unpaired) electrons. The van der Waals surface area contributed by atoms with Crippen molar-refractivity contribution in [1.82, 2.24) is 0 Å². The number of rotatable bonds is 14. The van der Waals surface area contributed by atoms with Crippen molar-refractivity contribution in [3.63, 3.8) is 0 Å². The molecule has 0 rings (SSSR count). The summed E-state index contributed by atoms with van der Waals surface area (Å²) in [6.45, 7) is 13.0. The van der Waals surface area contributed by atoms with Crippen molar-refractivity contribution in [2.24, 2.45) is 0 Å². The Morgan fingerprint density at radius 3 is 0.780 bits per heavy atom. The van der Waals surface area contributed by atoms with E-state index in [1.165, 1.54) is 26.0 Å². The minimum Gasteiger partial charge on any atom is -0.545 e. The van der Waals surface area contributed by atoms with E-state index in [-0.39, 0.29) is 70.3 Å². The standard InChI is InChI=1S/C35H42O4.2Na/c1-27(17-10-19-29(3)20-12-22-31(5)24-14-26-33(7)35(38)39)15-8-9-16-28(2)18-11-21-30(4)23-13-25-32(6)34(36)37;;/h8-26H,1-7H3,(H,36,37)(H,38,39);;/q;2*+1/p-2/b9-8+,17-10+,18-11+,20-12+,23-13+,24-14+,27-15+,28-16+,29-19+,30-21+,31-22+,32-25+,33-26+;;. The molecule has 41 heavy (non-hydrogen) atoms. The second-order valence-electron chi connectivity index (χ2n) is 9.01. The SMILES string of the molecule is CC(/C=C/C=C(C)/C=C/C=C(C)/C=C/C=C(\C)C(=O)[O-])=C\C=C\C=C(C)\C=C\C=C(C)\C=C\C=C(/C)C(=O)[O-].[Na+].[Na+]. The monoisotopic (exact) mass is 570 g/mol. The number of aliphatic carboxylic acids is 2. The molecule has 0 aromatic rings. The zero-order valence-corrected chi connectivity index (χ0v) is 30.1. The summed E-state index contributed by atoms with van der Waals surface area (Å²) in [4.78, 5) is 21.3. The van der Waals surface area contributed by atoms with Crippen LogP contribution in [-0.2, 0) is 9.59 Å². The quantitative estimate of drug-likeness (QED) is 0.173. The number of carbonyl (C=O) groups excluding carboxylic acids is 2. The van der Waals surface area contributed by atoms with E-state index in [2.05, 4.69) is 0 Å². The molecule has 0 atom stereocenters. The molecule has 0 N–H and O–H groups in total. The van der Waals surface area contributed by atoms with Gasteiger partial charge < -0.3 is 19.8 Å². The Kier molecular flexibility index (Phi) is 27.8. The van der Waals surface area contributed by atoms with Gasteiger partial charge in [0, 0.05) is 0 Å². The van der Waals surface area contributed by atoms with E-state index in [1.807, 2.05) is 126 Å². The Balaban J connectivity index is -0.00000722. The molecule has 0 bridgehead atoms. The van der Waals surface area contributed by atoms with Crippen LogP contribution in [0.4, 0.5) is 0 Å². The maximum Gasteiger partial charge on any atom is 1.00 e. The van der Waals surface area contributed by atoms with Crippen LogP contribution in [-0.4, -0.2) is 11.9 Å². The molecule has 4 nitrogen and oxygen atoms in total. The van der Waals surface area contributed by atoms with Gasteiger partial charge in [-0.3, -0.25) is 0 Å². The van der Waals surface area contributed by atoms with Gasteiger partial charge in [-0.25, -0.2) is 0 Å². The van der Waals surface area contributed by atoms with Crippen LogP contribution in [0.15, 0.2) is 154 Å². The van der Waals surface area contributed by atoms with Crippen molar-refractivity contribution >= 4 is 11.9 Å². The van der Waals surface area contributed by atoms with Crippen LogP contribution in [0, 0.1) is 0 Å². The summed E-state index contributed by atoms with van der Waals surface area (Å²) in [6.07, 6.45) is 36.0. The fourth-order valence-corrected chi connectivity index (χ4v) is 2.57. The summed E-state index contributed by atoms with van der Waals surface area (Å²) in [5.41, 5.74) is 5.70. The van der Waals surface area contributed by atoms with Gasteiger partial charge in [0.05, 0.1) is 11.9 Å². The van der Waals surface area contributed by atoms with Crippen LogP contribution in [0.5, 0.6) is 0 Å². The Bertz CT molecular complexity index is 1250. The molecular weight excluding hydrogens is 530 g/mol. The topological polar surface area (TPSA) is 80.3 Å². The molecule has 0 spiro atoms. The predicted octanol–water partition coefficient (Wildman–Crippen LogP) is 0.456. The molecular formula is C35H40Na2O4. The van der Waals surface area contributed by atoms with Crippen molar-refractivity contribution in [2.45, 2.75) is 48.5 Å². The third-order valence-electron chi connectivity index (χ3n) is 5.04. The van der Waals surface area contributed by atoms with Crippen LogP contribution in [0.3, 0.4) is 0 Å². The molecule has 206 valence electrons. The van der Waals surface area contributed by atoms with E-state index in [0.29, 0.717) is 0 Å². The smallest absolute Gasteiger partial charge is 0.545 e. The van der Waals surface area contributed by atoms with Crippen LogP contribution < -0.4 is 69.3 Å². The van der Waals surface area contributed by atoms with Crippen molar-refractivity contribution in [3.05, 3.63) is 154 Å². The van der Waals surface area contributed by atoms with Gasteiger partial charge in [0.2, 0.25) is 0 Å². The Morgan fingerprint density at radius 1 is 0.366 bits per heavy atom. The first-order valence-electron chi connectivity index (χ1n) is 12.6. The Hall–Kier alpha value is -2.44. The molecule has 0 aliphatic rings. The average molecular weight is 571 g/mol. The molecule has 0 saturated heterocycles. The van der Waals surface area contributed by atoms with E-state index in [1.54, 1.807) is 12.2 Å². The maximum absolute atomic E-state index is 10.7. The largest absolute Gasteiger partial charge is 1.00 e. The minimum absolute atomic E-state index is 0. The molecule has 0 aliphatic heterocycles. The van der Waals surface area contributed by atoms with E-state index < -0.39 is 11.9 Å². The first-order chi connectivity index (χ1) is 18.4. The van der Waals surface area contributed by atoms with Crippen molar-refractivity contribution in [2.75, 3.05) is 0 Å². The second-order valence-corrected chi connectivity index (χ2v) is 9.01. The Labute approximate surface area is 291 Å². The number of carboxylic acids is 2. The van der Waals surface area contributed by atoms with Gasteiger partial charge in [-0.2, -0.15) is 0 Å². The summed E-state index contributed by atoms with van der Waals surface area (Å²) in [5.74, 6) is -2.33. The van der Waals surface area contributed by atoms with Crippen LogP contribution in [0.2, 0.25) is 0 Å². The maximum atomic E-state index is 10.7. The van der Waals surface area contributed by atoms with Crippen LogP contribution in [0.25, 0.3) is 0 Å². The van der Waals surface area contributed by atoms with Crippen LogP contribution >= 0.6 is 0 Å². The fourth-order valence-electron chi connectivity index (χ4n) is 2.57. The van der Waals surface area contributed by atoms with Gasteiger partial charge in [-0.05, 0) is 59.6 Å². The third-order valence-corrected chi connectivity index (χ3v) is 5.04. The van der Waals surface area contributed by atoms with Gasteiger partial charge >= 0.3 is 59.1 Å².